The van der Waals surface area contributed by atoms with Crippen LogP contribution < -0.4 is 11.3 Å². The van der Waals surface area contributed by atoms with Crippen molar-refractivity contribution in [3.05, 3.63) is 0 Å². The zero-order chi connectivity index (χ0) is 13.7. The molecule has 0 aliphatic heterocycles. The van der Waals surface area contributed by atoms with Gasteiger partial charge in [-0.2, -0.15) is 0 Å². The number of methoxy groups -OCH3 is 1. The van der Waals surface area contributed by atoms with Gasteiger partial charge in [-0.05, 0) is 37.5 Å². The number of hydrazine groups is 1. The van der Waals surface area contributed by atoms with Crippen LogP contribution in [0.3, 0.4) is 0 Å². The quantitative estimate of drug-likeness (QED) is 0.467. The van der Waals surface area contributed by atoms with E-state index in [2.05, 4.69) is 12.3 Å². The summed E-state index contributed by atoms with van der Waals surface area (Å²) in [6, 6.07) is 0.332. The van der Waals surface area contributed by atoms with Crippen LogP contribution in [-0.2, 0) is 4.74 Å². The summed E-state index contributed by atoms with van der Waals surface area (Å²) in [6.45, 7) is 2.38. The minimum Gasteiger partial charge on any atom is -0.377 e. The maximum atomic E-state index is 6.06. The number of nitrogens with two attached hydrogens (primary N) is 1. The topological polar surface area (TPSA) is 47.3 Å². The zero-order valence-electron chi connectivity index (χ0n) is 12.8. The predicted molar refractivity (Wildman–Crippen MR) is 79.7 cm³/mol. The summed E-state index contributed by atoms with van der Waals surface area (Å²) >= 11 is 0. The van der Waals surface area contributed by atoms with Crippen molar-refractivity contribution in [3.63, 3.8) is 0 Å². The van der Waals surface area contributed by atoms with Gasteiger partial charge in [0.1, 0.15) is 0 Å². The van der Waals surface area contributed by atoms with E-state index in [1.165, 1.54) is 64.2 Å². The summed E-state index contributed by atoms with van der Waals surface area (Å²) < 4.78 is 6.06. The fraction of sp³-hybridized carbons (Fsp3) is 1.00. The Morgan fingerprint density at radius 2 is 1.79 bits per heavy atom. The molecule has 0 saturated heterocycles. The third-order valence-corrected chi connectivity index (χ3v) is 5.55. The van der Waals surface area contributed by atoms with Crippen molar-refractivity contribution in [1.82, 2.24) is 5.43 Å². The summed E-state index contributed by atoms with van der Waals surface area (Å²) in [5.74, 6) is 7.49. The standard InChI is InChI=1S/C16H32N2O/c1-13-8-7-9-14(12-13)15(18-17)16(19-2)10-5-3-4-6-11-16/h13-15,18H,3-12,17H2,1-2H3. The summed E-state index contributed by atoms with van der Waals surface area (Å²) in [4.78, 5) is 0. The Morgan fingerprint density at radius 1 is 1.11 bits per heavy atom. The van der Waals surface area contributed by atoms with Crippen LogP contribution in [0.15, 0.2) is 0 Å². The van der Waals surface area contributed by atoms with Crippen LogP contribution in [0.1, 0.15) is 71.1 Å². The van der Waals surface area contributed by atoms with Gasteiger partial charge in [-0.15, -0.1) is 0 Å². The van der Waals surface area contributed by atoms with Gasteiger partial charge in [0.25, 0.3) is 0 Å². The first-order chi connectivity index (χ1) is 9.22. The van der Waals surface area contributed by atoms with Gasteiger partial charge in [0.15, 0.2) is 0 Å². The molecule has 0 aromatic heterocycles. The molecule has 112 valence electrons. The Morgan fingerprint density at radius 3 is 2.32 bits per heavy atom. The molecule has 0 aromatic carbocycles. The molecule has 0 spiro atoms. The predicted octanol–water partition coefficient (Wildman–Crippen LogP) is 3.38. The van der Waals surface area contributed by atoms with E-state index in [-0.39, 0.29) is 5.60 Å². The molecule has 3 unspecified atom stereocenters. The van der Waals surface area contributed by atoms with E-state index in [0.29, 0.717) is 12.0 Å². The first-order valence-electron chi connectivity index (χ1n) is 8.23. The summed E-state index contributed by atoms with van der Waals surface area (Å²) in [5, 5.41) is 0. The molecule has 2 rings (SSSR count). The molecular weight excluding hydrogens is 236 g/mol. The highest BCUT2D eigenvalue weighted by atomic mass is 16.5. The minimum atomic E-state index is -0.0209. The molecule has 19 heavy (non-hydrogen) atoms. The Labute approximate surface area is 118 Å². The van der Waals surface area contributed by atoms with Crippen molar-refractivity contribution in [2.75, 3.05) is 7.11 Å². The van der Waals surface area contributed by atoms with Gasteiger partial charge in [0.05, 0.1) is 11.6 Å². The van der Waals surface area contributed by atoms with Crippen LogP contribution in [-0.4, -0.2) is 18.8 Å². The lowest BCUT2D eigenvalue weighted by Gasteiger charge is -2.45. The second-order valence-corrected chi connectivity index (χ2v) is 6.86. The van der Waals surface area contributed by atoms with Gasteiger partial charge in [0, 0.05) is 7.11 Å². The third kappa shape index (κ3) is 3.50. The Bertz CT molecular complexity index is 261. The Hall–Kier alpha value is -0.120. The van der Waals surface area contributed by atoms with Crippen molar-refractivity contribution in [3.8, 4) is 0 Å². The first-order valence-corrected chi connectivity index (χ1v) is 8.23. The van der Waals surface area contributed by atoms with Gasteiger partial charge < -0.3 is 4.74 Å². The highest BCUT2D eigenvalue weighted by Crippen LogP contribution is 2.40. The Balaban J connectivity index is 2.12. The van der Waals surface area contributed by atoms with E-state index in [1.807, 2.05) is 7.11 Å². The molecule has 2 fully saturated rings. The highest BCUT2D eigenvalue weighted by Gasteiger charge is 2.43. The maximum absolute atomic E-state index is 6.06. The van der Waals surface area contributed by atoms with Crippen molar-refractivity contribution < 1.29 is 4.74 Å². The molecule has 3 nitrogen and oxygen atoms in total. The second kappa shape index (κ2) is 7.05. The molecule has 3 heteroatoms. The lowest BCUT2D eigenvalue weighted by atomic mass is 9.71. The van der Waals surface area contributed by atoms with Gasteiger partial charge in [0.2, 0.25) is 0 Å². The number of hydrogen-bond donors (Lipinski definition) is 2. The summed E-state index contributed by atoms with van der Waals surface area (Å²) in [6.07, 6.45) is 13.0. The SMILES string of the molecule is COC1(C(NN)C2CCCC(C)C2)CCCCCC1. The van der Waals surface area contributed by atoms with E-state index in [1.54, 1.807) is 0 Å². The van der Waals surface area contributed by atoms with Gasteiger partial charge in [-0.3, -0.25) is 11.3 Å². The van der Waals surface area contributed by atoms with Gasteiger partial charge in [-0.25, -0.2) is 0 Å². The smallest absolute Gasteiger partial charge is 0.0847 e. The molecule has 2 saturated carbocycles. The third-order valence-electron chi connectivity index (χ3n) is 5.55. The van der Waals surface area contributed by atoms with Crippen molar-refractivity contribution in [2.45, 2.75) is 82.8 Å². The molecule has 0 bridgehead atoms. The van der Waals surface area contributed by atoms with Crippen LogP contribution in [0.25, 0.3) is 0 Å². The van der Waals surface area contributed by atoms with Crippen molar-refractivity contribution in [1.29, 1.82) is 0 Å². The van der Waals surface area contributed by atoms with E-state index in [9.17, 15) is 0 Å². The van der Waals surface area contributed by atoms with E-state index in [4.69, 9.17) is 10.6 Å². The van der Waals surface area contributed by atoms with Crippen LogP contribution >= 0.6 is 0 Å². The van der Waals surface area contributed by atoms with E-state index < -0.39 is 0 Å². The lowest BCUT2D eigenvalue weighted by molar-refractivity contribution is -0.0740. The molecule has 2 aliphatic carbocycles. The fourth-order valence-corrected chi connectivity index (χ4v) is 4.47. The molecule has 0 amide bonds. The normalized spacial score (nSPS) is 33.6. The van der Waals surface area contributed by atoms with Crippen LogP contribution in [0, 0.1) is 11.8 Å². The molecule has 3 atom stereocenters. The molecule has 3 N–H and O–H groups in total. The lowest BCUT2D eigenvalue weighted by Crippen LogP contribution is -2.58. The Kier molecular flexibility index (Phi) is 5.67. The first kappa shape index (κ1) is 15.3. The van der Waals surface area contributed by atoms with E-state index in [0.717, 1.165) is 5.92 Å². The number of nitrogens with one attached hydrogen (secondary N) is 1. The maximum Gasteiger partial charge on any atom is 0.0847 e. The summed E-state index contributed by atoms with van der Waals surface area (Å²) in [5.41, 5.74) is 3.14. The zero-order valence-corrected chi connectivity index (χ0v) is 12.8. The molecule has 2 aliphatic rings. The minimum absolute atomic E-state index is 0.0209. The molecule has 0 aromatic rings. The second-order valence-electron chi connectivity index (χ2n) is 6.86. The molecule has 0 heterocycles. The molecule has 0 radical (unpaired) electrons. The fourth-order valence-electron chi connectivity index (χ4n) is 4.47. The van der Waals surface area contributed by atoms with Crippen LogP contribution in [0.4, 0.5) is 0 Å². The number of ether oxygens (including phenoxy) is 1. The molecular formula is C16H32N2O. The van der Waals surface area contributed by atoms with Crippen LogP contribution in [0.2, 0.25) is 0 Å². The number of rotatable bonds is 4. The average Bonchev–Trinajstić information content (AvgIpc) is 2.66. The van der Waals surface area contributed by atoms with Crippen molar-refractivity contribution >= 4 is 0 Å². The largest absolute Gasteiger partial charge is 0.377 e. The van der Waals surface area contributed by atoms with Crippen molar-refractivity contribution in [2.24, 2.45) is 17.7 Å². The number of hydrogen-bond acceptors (Lipinski definition) is 3. The van der Waals surface area contributed by atoms with Gasteiger partial charge in [-0.1, -0.05) is 45.4 Å². The van der Waals surface area contributed by atoms with E-state index >= 15 is 0 Å². The summed E-state index contributed by atoms with van der Waals surface area (Å²) in [7, 11) is 1.89. The van der Waals surface area contributed by atoms with Crippen LogP contribution in [0.5, 0.6) is 0 Å². The average molecular weight is 268 g/mol. The monoisotopic (exact) mass is 268 g/mol. The highest BCUT2D eigenvalue weighted by molar-refractivity contribution is 4.98. The van der Waals surface area contributed by atoms with Gasteiger partial charge >= 0.3 is 0 Å².